The molecule has 3 N–H and O–H groups in total. The molecule has 0 aliphatic heterocycles. The number of rotatable bonds is 3. The van der Waals surface area contributed by atoms with Crippen LogP contribution in [0.1, 0.15) is 43.5 Å². The van der Waals surface area contributed by atoms with E-state index in [1.54, 1.807) is 0 Å². The van der Waals surface area contributed by atoms with Crippen molar-refractivity contribution in [2.45, 2.75) is 39.0 Å². The van der Waals surface area contributed by atoms with Crippen LogP contribution in [0.2, 0.25) is 0 Å². The molecule has 110 valence electrons. The largest absolute Gasteiger partial charge is 0.308 e. The van der Waals surface area contributed by atoms with Crippen LogP contribution in [0.4, 0.5) is 5.82 Å². The first-order valence-electron chi connectivity index (χ1n) is 7.59. The molecule has 1 saturated carbocycles. The van der Waals surface area contributed by atoms with Crippen molar-refractivity contribution in [2.75, 3.05) is 5.43 Å². The van der Waals surface area contributed by atoms with Crippen molar-refractivity contribution < 1.29 is 0 Å². The van der Waals surface area contributed by atoms with Crippen LogP contribution in [0.25, 0.3) is 11.3 Å². The van der Waals surface area contributed by atoms with Gasteiger partial charge in [-0.05, 0) is 32.1 Å². The molecule has 21 heavy (non-hydrogen) atoms. The molecule has 1 heterocycles. The van der Waals surface area contributed by atoms with E-state index in [9.17, 15) is 0 Å². The van der Waals surface area contributed by atoms with E-state index in [0.29, 0.717) is 5.92 Å². The molecule has 3 rings (SSSR count). The first-order valence-corrected chi connectivity index (χ1v) is 7.59. The lowest BCUT2D eigenvalue weighted by molar-refractivity contribution is 0.585. The van der Waals surface area contributed by atoms with E-state index in [-0.39, 0.29) is 0 Å². The molecule has 1 aromatic carbocycles. The maximum absolute atomic E-state index is 5.65. The van der Waals surface area contributed by atoms with E-state index < -0.39 is 0 Å². The Labute approximate surface area is 125 Å². The van der Waals surface area contributed by atoms with Gasteiger partial charge in [0.25, 0.3) is 0 Å². The van der Waals surface area contributed by atoms with Gasteiger partial charge in [-0.1, -0.05) is 37.3 Å². The van der Waals surface area contributed by atoms with Crippen LogP contribution < -0.4 is 11.3 Å². The van der Waals surface area contributed by atoms with E-state index in [4.69, 9.17) is 10.8 Å². The third kappa shape index (κ3) is 2.76. The number of hydrazine groups is 1. The Balaban J connectivity index is 2.07. The average Bonchev–Trinajstić information content (AvgIpc) is 2.95. The lowest BCUT2D eigenvalue weighted by Crippen LogP contribution is -2.14. The fourth-order valence-electron chi connectivity index (χ4n) is 3.18. The molecule has 2 aromatic rings. The van der Waals surface area contributed by atoms with Crippen molar-refractivity contribution in [3.63, 3.8) is 0 Å². The van der Waals surface area contributed by atoms with Gasteiger partial charge in [-0.25, -0.2) is 15.8 Å². The number of benzene rings is 1. The second-order valence-electron chi connectivity index (χ2n) is 6.03. The van der Waals surface area contributed by atoms with Crippen molar-refractivity contribution in [1.82, 2.24) is 9.97 Å². The van der Waals surface area contributed by atoms with Gasteiger partial charge >= 0.3 is 0 Å². The highest BCUT2D eigenvalue weighted by atomic mass is 15.3. The Hall–Kier alpha value is -1.94. The molecular formula is C17H22N4. The third-order valence-corrected chi connectivity index (χ3v) is 4.41. The van der Waals surface area contributed by atoms with Crippen molar-refractivity contribution in [3.05, 3.63) is 41.7 Å². The van der Waals surface area contributed by atoms with E-state index in [0.717, 1.165) is 34.4 Å². The van der Waals surface area contributed by atoms with E-state index >= 15 is 0 Å². The zero-order chi connectivity index (χ0) is 14.8. The molecule has 1 fully saturated rings. The second-order valence-corrected chi connectivity index (χ2v) is 6.03. The van der Waals surface area contributed by atoms with Crippen LogP contribution >= 0.6 is 0 Å². The number of hydrogen-bond acceptors (Lipinski definition) is 4. The number of anilines is 1. The normalized spacial score (nSPS) is 21.5. The van der Waals surface area contributed by atoms with Crippen LogP contribution in [0.5, 0.6) is 0 Å². The van der Waals surface area contributed by atoms with Crippen molar-refractivity contribution in [3.8, 4) is 11.3 Å². The fourth-order valence-corrected chi connectivity index (χ4v) is 3.18. The third-order valence-electron chi connectivity index (χ3n) is 4.41. The molecule has 2 unspecified atom stereocenters. The molecule has 0 bridgehead atoms. The molecule has 0 spiro atoms. The van der Waals surface area contributed by atoms with Gasteiger partial charge in [-0.2, -0.15) is 0 Å². The van der Waals surface area contributed by atoms with Crippen LogP contribution in [-0.2, 0) is 0 Å². The number of hydrogen-bond donors (Lipinski definition) is 2. The van der Waals surface area contributed by atoms with Crippen LogP contribution in [0.3, 0.4) is 0 Å². The van der Waals surface area contributed by atoms with Gasteiger partial charge in [0.2, 0.25) is 0 Å². The highest BCUT2D eigenvalue weighted by molar-refractivity contribution is 5.68. The van der Waals surface area contributed by atoms with Gasteiger partial charge in [0.15, 0.2) is 0 Å². The summed E-state index contributed by atoms with van der Waals surface area (Å²) in [4.78, 5) is 9.51. The topological polar surface area (TPSA) is 63.8 Å². The summed E-state index contributed by atoms with van der Waals surface area (Å²) in [5.74, 6) is 8.53. The molecule has 0 saturated heterocycles. The monoisotopic (exact) mass is 282 g/mol. The summed E-state index contributed by atoms with van der Waals surface area (Å²) in [6.07, 6.45) is 3.59. The number of aromatic nitrogens is 2. The standard InChI is InChI=1S/C17H22N4/c1-11-8-9-14(10-11)17-19-15(12(2)16(20-17)21-18)13-6-4-3-5-7-13/h3-7,11,14H,8-10,18H2,1-2H3,(H,19,20,21). The first-order chi connectivity index (χ1) is 10.2. The van der Waals surface area contributed by atoms with E-state index in [2.05, 4.69) is 29.5 Å². The fraction of sp³-hybridized carbons (Fsp3) is 0.412. The van der Waals surface area contributed by atoms with Crippen LogP contribution in [-0.4, -0.2) is 9.97 Å². The van der Waals surface area contributed by atoms with Crippen LogP contribution in [0.15, 0.2) is 30.3 Å². The van der Waals surface area contributed by atoms with Crippen molar-refractivity contribution >= 4 is 5.82 Å². The van der Waals surface area contributed by atoms with Crippen LogP contribution in [0, 0.1) is 12.8 Å². The summed E-state index contributed by atoms with van der Waals surface area (Å²) >= 11 is 0. The molecule has 4 nitrogen and oxygen atoms in total. The summed E-state index contributed by atoms with van der Waals surface area (Å²) in [5.41, 5.74) is 5.82. The highest BCUT2D eigenvalue weighted by Crippen LogP contribution is 2.38. The van der Waals surface area contributed by atoms with Gasteiger partial charge in [0, 0.05) is 17.0 Å². The van der Waals surface area contributed by atoms with Crippen molar-refractivity contribution in [2.24, 2.45) is 11.8 Å². The van der Waals surface area contributed by atoms with Gasteiger partial charge in [-0.3, -0.25) is 0 Å². The number of nitrogens with zero attached hydrogens (tertiary/aromatic N) is 2. The maximum atomic E-state index is 5.65. The second kappa shape index (κ2) is 5.82. The maximum Gasteiger partial charge on any atom is 0.147 e. The molecule has 1 aliphatic rings. The van der Waals surface area contributed by atoms with Gasteiger partial charge in [0.05, 0.1) is 5.69 Å². The Morgan fingerprint density at radius 1 is 1.14 bits per heavy atom. The number of nitrogens with one attached hydrogen (secondary N) is 1. The number of nitrogens with two attached hydrogens (primary N) is 1. The predicted octanol–water partition coefficient (Wildman–Crippen LogP) is 3.64. The SMILES string of the molecule is Cc1c(NN)nc(C2CCC(C)C2)nc1-c1ccccc1. The van der Waals surface area contributed by atoms with Gasteiger partial charge in [0.1, 0.15) is 11.6 Å². The van der Waals surface area contributed by atoms with Crippen molar-refractivity contribution in [1.29, 1.82) is 0 Å². The quantitative estimate of drug-likeness (QED) is 0.666. The first kappa shape index (κ1) is 14.0. The lowest BCUT2D eigenvalue weighted by atomic mass is 10.0. The number of nitrogen functional groups attached to an aromatic ring is 1. The van der Waals surface area contributed by atoms with E-state index in [1.807, 2.05) is 25.1 Å². The van der Waals surface area contributed by atoms with Gasteiger partial charge < -0.3 is 5.43 Å². The highest BCUT2D eigenvalue weighted by Gasteiger charge is 2.26. The molecule has 0 radical (unpaired) electrons. The van der Waals surface area contributed by atoms with Gasteiger partial charge in [-0.15, -0.1) is 0 Å². The Bertz CT molecular complexity index is 624. The average molecular weight is 282 g/mol. The molecule has 4 heteroatoms. The minimum absolute atomic E-state index is 0.454. The van der Waals surface area contributed by atoms with E-state index in [1.165, 1.54) is 19.3 Å². The molecule has 1 aliphatic carbocycles. The molecule has 1 aromatic heterocycles. The molecule has 0 amide bonds. The summed E-state index contributed by atoms with van der Waals surface area (Å²) in [6, 6.07) is 10.2. The minimum atomic E-state index is 0.454. The zero-order valence-electron chi connectivity index (χ0n) is 12.6. The summed E-state index contributed by atoms with van der Waals surface area (Å²) in [5, 5.41) is 0. The predicted molar refractivity (Wildman–Crippen MR) is 85.8 cm³/mol. The summed E-state index contributed by atoms with van der Waals surface area (Å²) in [6.45, 7) is 4.31. The Kier molecular flexibility index (Phi) is 3.88. The summed E-state index contributed by atoms with van der Waals surface area (Å²) in [7, 11) is 0. The molecule has 2 atom stereocenters. The minimum Gasteiger partial charge on any atom is -0.308 e. The Morgan fingerprint density at radius 3 is 2.52 bits per heavy atom. The molecular weight excluding hydrogens is 260 g/mol. The lowest BCUT2D eigenvalue weighted by Gasteiger charge is -2.15. The summed E-state index contributed by atoms with van der Waals surface area (Å²) < 4.78 is 0. The smallest absolute Gasteiger partial charge is 0.147 e. The zero-order valence-corrected chi connectivity index (χ0v) is 12.6. The Morgan fingerprint density at radius 2 is 1.90 bits per heavy atom.